The summed E-state index contributed by atoms with van der Waals surface area (Å²) in [5.41, 5.74) is 0.293. The van der Waals surface area contributed by atoms with Crippen LogP contribution in [0.15, 0.2) is 12.7 Å². The highest BCUT2D eigenvalue weighted by Crippen LogP contribution is 2.49. The van der Waals surface area contributed by atoms with Gasteiger partial charge in [0.15, 0.2) is 0 Å². The third-order valence-corrected chi connectivity index (χ3v) is 2.49. The molecule has 0 amide bonds. The molecular weight excluding hydrogens is 112 g/mol. The molecule has 1 aliphatic carbocycles. The van der Waals surface area contributed by atoms with E-state index in [4.69, 9.17) is 4.74 Å². The summed E-state index contributed by atoms with van der Waals surface area (Å²) in [5.74, 6) is 0. The molecule has 0 aromatic carbocycles. The van der Waals surface area contributed by atoms with Crippen molar-refractivity contribution in [3.8, 4) is 0 Å². The molecule has 1 heterocycles. The molecule has 2 fully saturated rings. The van der Waals surface area contributed by atoms with Crippen LogP contribution in [0.4, 0.5) is 0 Å². The van der Waals surface area contributed by atoms with E-state index in [1.807, 2.05) is 6.08 Å². The Bertz CT molecular complexity index is 134. The zero-order valence-electron chi connectivity index (χ0n) is 5.60. The highest BCUT2D eigenvalue weighted by atomic mass is 16.6. The van der Waals surface area contributed by atoms with Crippen molar-refractivity contribution in [1.82, 2.24) is 0 Å². The average molecular weight is 124 g/mol. The van der Waals surface area contributed by atoms with Crippen molar-refractivity contribution in [1.29, 1.82) is 0 Å². The zero-order valence-corrected chi connectivity index (χ0v) is 5.60. The minimum atomic E-state index is 0.293. The fourth-order valence-corrected chi connectivity index (χ4v) is 1.86. The van der Waals surface area contributed by atoms with Gasteiger partial charge in [0.2, 0.25) is 0 Å². The van der Waals surface area contributed by atoms with Crippen LogP contribution in [-0.4, -0.2) is 11.7 Å². The second kappa shape index (κ2) is 1.60. The van der Waals surface area contributed by atoms with E-state index in [0.29, 0.717) is 11.7 Å². The van der Waals surface area contributed by atoms with Gasteiger partial charge < -0.3 is 4.74 Å². The van der Waals surface area contributed by atoms with Crippen molar-refractivity contribution >= 4 is 0 Å². The van der Waals surface area contributed by atoms with E-state index >= 15 is 0 Å². The van der Waals surface area contributed by atoms with E-state index in [9.17, 15) is 0 Å². The van der Waals surface area contributed by atoms with Gasteiger partial charge >= 0.3 is 0 Å². The minimum absolute atomic E-state index is 0.293. The summed E-state index contributed by atoms with van der Waals surface area (Å²) in [7, 11) is 0. The van der Waals surface area contributed by atoms with Gasteiger partial charge in [-0.1, -0.05) is 18.9 Å². The molecule has 50 valence electrons. The van der Waals surface area contributed by atoms with Crippen LogP contribution in [0.2, 0.25) is 0 Å². The zero-order chi connectivity index (χ0) is 6.32. The monoisotopic (exact) mass is 124 g/mol. The van der Waals surface area contributed by atoms with Gasteiger partial charge in [-0.2, -0.15) is 0 Å². The van der Waals surface area contributed by atoms with Gasteiger partial charge in [-0.3, -0.25) is 0 Å². The predicted octanol–water partition coefficient (Wildman–Crippen LogP) is 1.88. The number of hydrogen-bond donors (Lipinski definition) is 0. The van der Waals surface area contributed by atoms with E-state index in [-0.39, 0.29) is 0 Å². The molecule has 9 heavy (non-hydrogen) atoms. The fourth-order valence-electron chi connectivity index (χ4n) is 1.86. The standard InChI is InChI=1S/C8H12O/c1-2-7-8(9-7)5-3-4-6-8/h2,7H,1,3-6H2. The first-order valence-electron chi connectivity index (χ1n) is 3.68. The van der Waals surface area contributed by atoms with Crippen LogP contribution < -0.4 is 0 Å². The van der Waals surface area contributed by atoms with Crippen molar-refractivity contribution in [2.24, 2.45) is 0 Å². The van der Waals surface area contributed by atoms with E-state index in [2.05, 4.69) is 6.58 Å². The minimum Gasteiger partial charge on any atom is -0.362 e. The Balaban J connectivity index is 2.04. The molecule has 2 rings (SSSR count). The largest absolute Gasteiger partial charge is 0.362 e. The summed E-state index contributed by atoms with van der Waals surface area (Å²) < 4.78 is 5.50. The first-order valence-corrected chi connectivity index (χ1v) is 3.68. The molecule has 2 aliphatic rings. The molecule has 1 saturated carbocycles. The normalized spacial score (nSPS) is 37.1. The molecule has 1 aliphatic heterocycles. The first-order chi connectivity index (χ1) is 4.37. The molecule has 0 bridgehead atoms. The van der Waals surface area contributed by atoms with Crippen LogP contribution >= 0.6 is 0 Å². The van der Waals surface area contributed by atoms with Crippen molar-refractivity contribution in [3.05, 3.63) is 12.7 Å². The topological polar surface area (TPSA) is 12.5 Å². The third-order valence-electron chi connectivity index (χ3n) is 2.49. The Kier molecular flexibility index (Phi) is 0.974. The Labute approximate surface area is 55.7 Å². The molecule has 0 aromatic rings. The van der Waals surface area contributed by atoms with Crippen molar-refractivity contribution < 1.29 is 4.74 Å². The number of ether oxygens (including phenoxy) is 1. The molecule has 1 spiro atoms. The van der Waals surface area contributed by atoms with Crippen LogP contribution in [0.1, 0.15) is 25.7 Å². The summed E-state index contributed by atoms with van der Waals surface area (Å²) in [4.78, 5) is 0. The van der Waals surface area contributed by atoms with Gasteiger partial charge in [-0.05, 0) is 12.8 Å². The number of epoxide rings is 1. The quantitative estimate of drug-likeness (QED) is 0.384. The molecule has 0 radical (unpaired) electrons. The van der Waals surface area contributed by atoms with Crippen LogP contribution in [-0.2, 0) is 4.74 Å². The van der Waals surface area contributed by atoms with Crippen molar-refractivity contribution in [2.75, 3.05) is 0 Å². The molecule has 1 heteroatoms. The lowest BCUT2D eigenvalue weighted by molar-refractivity contribution is 0.303. The maximum absolute atomic E-state index is 5.50. The Hall–Kier alpha value is -0.300. The number of hydrogen-bond acceptors (Lipinski definition) is 1. The van der Waals surface area contributed by atoms with Crippen molar-refractivity contribution in [3.63, 3.8) is 0 Å². The maximum atomic E-state index is 5.50. The Morgan fingerprint density at radius 2 is 2.11 bits per heavy atom. The number of rotatable bonds is 1. The molecule has 0 aromatic heterocycles. The SMILES string of the molecule is C=CC1OC12CCCC2. The second-order valence-corrected chi connectivity index (χ2v) is 3.05. The molecule has 0 N–H and O–H groups in total. The van der Waals surface area contributed by atoms with Crippen LogP contribution in [0.5, 0.6) is 0 Å². The summed E-state index contributed by atoms with van der Waals surface area (Å²) >= 11 is 0. The first kappa shape index (κ1) is 5.48. The summed E-state index contributed by atoms with van der Waals surface area (Å²) in [6.07, 6.45) is 7.58. The lowest BCUT2D eigenvalue weighted by Gasteiger charge is -1.95. The molecular formula is C8H12O. The van der Waals surface area contributed by atoms with Crippen LogP contribution in [0.3, 0.4) is 0 Å². The van der Waals surface area contributed by atoms with E-state index < -0.39 is 0 Å². The van der Waals surface area contributed by atoms with Gasteiger partial charge in [0.25, 0.3) is 0 Å². The van der Waals surface area contributed by atoms with Gasteiger partial charge in [-0.25, -0.2) is 0 Å². The fraction of sp³-hybridized carbons (Fsp3) is 0.750. The molecule has 1 atom stereocenters. The van der Waals surface area contributed by atoms with E-state index in [1.54, 1.807) is 0 Å². The molecule has 1 nitrogen and oxygen atoms in total. The van der Waals surface area contributed by atoms with Crippen LogP contribution in [0.25, 0.3) is 0 Å². The lowest BCUT2D eigenvalue weighted by Crippen LogP contribution is -2.06. The second-order valence-electron chi connectivity index (χ2n) is 3.05. The summed E-state index contributed by atoms with van der Waals surface area (Å²) in [6.45, 7) is 3.72. The average Bonchev–Trinajstić information content (AvgIpc) is 2.30. The Morgan fingerprint density at radius 3 is 2.56 bits per heavy atom. The highest BCUT2D eigenvalue weighted by molar-refractivity contribution is 5.12. The summed E-state index contributed by atoms with van der Waals surface area (Å²) in [6, 6.07) is 0. The highest BCUT2D eigenvalue weighted by Gasteiger charge is 2.55. The van der Waals surface area contributed by atoms with Gasteiger partial charge in [0, 0.05) is 0 Å². The predicted molar refractivity (Wildman–Crippen MR) is 36.3 cm³/mol. The van der Waals surface area contributed by atoms with E-state index in [0.717, 1.165) is 0 Å². The lowest BCUT2D eigenvalue weighted by atomic mass is 10.0. The van der Waals surface area contributed by atoms with Crippen molar-refractivity contribution in [2.45, 2.75) is 37.4 Å². The van der Waals surface area contributed by atoms with Gasteiger partial charge in [0.1, 0.15) is 6.10 Å². The summed E-state index contributed by atoms with van der Waals surface area (Å²) in [5, 5.41) is 0. The molecule has 1 saturated heterocycles. The van der Waals surface area contributed by atoms with Crippen LogP contribution in [0, 0.1) is 0 Å². The Morgan fingerprint density at radius 1 is 1.44 bits per heavy atom. The molecule has 1 unspecified atom stereocenters. The maximum Gasteiger partial charge on any atom is 0.105 e. The van der Waals surface area contributed by atoms with Gasteiger partial charge in [0.05, 0.1) is 5.60 Å². The van der Waals surface area contributed by atoms with Gasteiger partial charge in [-0.15, -0.1) is 6.58 Å². The van der Waals surface area contributed by atoms with E-state index in [1.165, 1.54) is 25.7 Å². The smallest absolute Gasteiger partial charge is 0.105 e. The third kappa shape index (κ3) is 0.645.